The second kappa shape index (κ2) is 7.70. The summed E-state index contributed by atoms with van der Waals surface area (Å²) >= 11 is 0. The summed E-state index contributed by atoms with van der Waals surface area (Å²) in [5.41, 5.74) is 10.7. The van der Waals surface area contributed by atoms with Crippen molar-refractivity contribution < 1.29 is 8.98 Å². The molecule has 6 aromatic rings. The van der Waals surface area contributed by atoms with Gasteiger partial charge in [0.15, 0.2) is 16.6 Å². The zero-order valence-corrected chi connectivity index (χ0v) is 19.8. The molecule has 4 heteroatoms. The largest absolute Gasteiger partial charge is 0.436 e. The molecular formula is C30H26N3O+. The third kappa shape index (κ3) is 2.99. The lowest BCUT2D eigenvalue weighted by molar-refractivity contribution is -0.633. The van der Waals surface area contributed by atoms with Gasteiger partial charge in [-0.15, -0.1) is 0 Å². The number of benzene rings is 4. The minimum absolute atomic E-state index is 0.669. The van der Waals surface area contributed by atoms with Crippen LogP contribution < -0.4 is 4.57 Å². The third-order valence-electron chi connectivity index (χ3n) is 6.72. The number of nitrogens with zero attached hydrogens (tertiary/aromatic N) is 3. The fourth-order valence-corrected chi connectivity index (χ4v) is 5.07. The van der Waals surface area contributed by atoms with E-state index in [9.17, 15) is 0 Å². The lowest BCUT2D eigenvalue weighted by atomic mass is 10.0. The lowest BCUT2D eigenvalue weighted by Crippen LogP contribution is -2.30. The highest BCUT2D eigenvalue weighted by atomic mass is 16.3. The van der Waals surface area contributed by atoms with E-state index in [1.807, 2.05) is 6.07 Å². The smallest absolute Gasteiger partial charge is 0.297 e. The molecule has 0 aliphatic heterocycles. The van der Waals surface area contributed by atoms with Gasteiger partial charge in [0.25, 0.3) is 5.82 Å². The van der Waals surface area contributed by atoms with Crippen molar-refractivity contribution in [3.05, 3.63) is 102 Å². The molecule has 4 aromatic carbocycles. The summed E-state index contributed by atoms with van der Waals surface area (Å²) in [5.74, 6) is 1.75. The highest BCUT2D eigenvalue weighted by Crippen LogP contribution is 2.37. The van der Waals surface area contributed by atoms with E-state index in [-0.39, 0.29) is 0 Å². The summed E-state index contributed by atoms with van der Waals surface area (Å²) < 4.78 is 10.9. The van der Waals surface area contributed by atoms with Crippen molar-refractivity contribution in [2.75, 3.05) is 0 Å². The van der Waals surface area contributed by atoms with E-state index < -0.39 is 0 Å². The number of hydrogen-bond acceptors (Lipinski definition) is 2. The summed E-state index contributed by atoms with van der Waals surface area (Å²) in [7, 11) is 2.13. The Morgan fingerprint density at radius 2 is 1.38 bits per heavy atom. The number of rotatable bonds is 3. The van der Waals surface area contributed by atoms with E-state index in [4.69, 9.17) is 9.40 Å². The Kier molecular flexibility index (Phi) is 4.63. The van der Waals surface area contributed by atoms with Crippen LogP contribution in [0.1, 0.15) is 16.7 Å². The number of oxazole rings is 1. The lowest BCUT2D eigenvalue weighted by Gasteiger charge is -2.07. The van der Waals surface area contributed by atoms with Crippen LogP contribution in [0.4, 0.5) is 0 Å². The van der Waals surface area contributed by atoms with Gasteiger partial charge in [0.05, 0.1) is 12.6 Å². The molecular weight excluding hydrogens is 418 g/mol. The van der Waals surface area contributed by atoms with Crippen LogP contribution in [0, 0.1) is 20.8 Å². The standard InChI is InChI=1S/C30H26N3O/c1-19-11-10-12-20(2)26(19)29-31-28-25(34-29)18-17-21(3)27(28)30-32(4)23-15-8-9-16-24(23)33(30)22-13-6-5-7-14-22/h5-18H,1-4H3/q+1. The predicted molar refractivity (Wildman–Crippen MR) is 137 cm³/mol. The van der Waals surface area contributed by atoms with Gasteiger partial charge in [0, 0.05) is 5.56 Å². The van der Waals surface area contributed by atoms with Gasteiger partial charge in [-0.3, -0.25) is 0 Å². The summed E-state index contributed by atoms with van der Waals surface area (Å²) in [6.07, 6.45) is 0. The number of aryl methyl sites for hydroxylation is 4. The van der Waals surface area contributed by atoms with Crippen molar-refractivity contribution in [2.45, 2.75) is 20.8 Å². The molecule has 4 nitrogen and oxygen atoms in total. The number of fused-ring (bicyclic) bond motifs is 2. The predicted octanol–water partition coefficient (Wildman–Crippen LogP) is 6.86. The number of para-hydroxylation sites is 3. The number of aromatic nitrogens is 3. The average Bonchev–Trinajstić information content (AvgIpc) is 3.39. The Bertz CT molecular complexity index is 1670. The zero-order valence-electron chi connectivity index (χ0n) is 19.8. The van der Waals surface area contributed by atoms with Crippen LogP contribution in [-0.2, 0) is 7.05 Å². The van der Waals surface area contributed by atoms with Gasteiger partial charge in [-0.05, 0) is 67.8 Å². The molecule has 0 aliphatic rings. The first-order valence-corrected chi connectivity index (χ1v) is 11.6. The van der Waals surface area contributed by atoms with E-state index in [0.717, 1.165) is 61.5 Å². The fourth-order valence-electron chi connectivity index (χ4n) is 5.07. The molecule has 166 valence electrons. The quantitative estimate of drug-likeness (QED) is 0.280. The first-order valence-electron chi connectivity index (χ1n) is 11.6. The Labute approximate surface area is 198 Å². The van der Waals surface area contributed by atoms with Crippen molar-refractivity contribution in [2.24, 2.45) is 7.05 Å². The monoisotopic (exact) mass is 444 g/mol. The molecule has 34 heavy (non-hydrogen) atoms. The fraction of sp³-hybridized carbons (Fsp3) is 0.133. The molecule has 0 amide bonds. The van der Waals surface area contributed by atoms with Crippen LogP contribution in [0.3, 0.4) is 0 Å². The highest BCUT2D eigenvalue weighted by molar-refractivity contribution is 5.94. The Morgan fingerprint density at radius 3 is 2.15 bits per heavy atom. The van der Waals surface area contributed by atoms with E-state index in [2.05, 4.69) is 116 Å². The first-order chi connectivity index (χ1) is 16.5. The van der Waals surface area contributed by atoms with Gasteiger partial charge >= 0.3 is 0 Å². The van der Waals surface area contributed by atoms with Gasteiger partial charge < -0.3 is 4.42 Å². The summed E-state index contributed by atoms with van der Waals surface area (Å²) in [4.78, 5) is 5.09. The van der Waals surface area contributed by atoms with Crippen LogP contribution in [0.5, 0.6) is 0 Å². The summed E-state index contributed by atoms with van der Waals surface area (Å²) in [6.45, 7) is 6.36. The second-order valence-electron chi connectivity index (χ2n) is 8.93. The molecule has 0 unspecified atom stereocenters. The molecule has 0 atom stereocenters. The van der Waals surface area contributed by atoms with Crippen LogP contribution >= 0.6 is 0 Å². The van der Waals surface area contributed by atoms with E-state index in [0.29, 0.717) is 5.89 Å². The maximum absolute atomic E-state index is 6.36. The van der Waals surface area contributed by atoms with Crippen molar-refractivity contribution in [1.29, 1.82) is 0 Å². The highest BCUT2D eigenvalue weighted by Gasteiger charge is 2.30. The van der Waals surface area contributed by atoms with Gasteiger partial charge in [0.2, 0.25) is 5.89 Å². The molecule has 0 radical (unpaired) electrons. The third-order valence-corrected chi connectivity index (χ3v) is 6.72. The topological polar surface area (TPSA) is 34.8 Å². The molecule has 0 bridgehead atoms. The normalized spacial score (nSPS) is 11.5. The minimum Gasteiger partial charge on any atom is -0.436 e. The summed E-state index contributed by atoms with van der Waals surface area (Å²) in [6, 6.07) is 29.5. The molecule has 2 aromatic heterocycles. The van der Waals surface area contributed by atoms with Crippen molar-refractivity contribution in [1.82, 2.24) is 9.55 Å². The van der Waals surface area contributed by atoms with Crippen molar-refractivity contribution in [3.63, 3.8) is 0 Å². The minimum atomic E-state index is 0.669. The molecule has 6 rings (SSSR count). The maximum Gasteiger partial charge on any atom is 0.297 e. The van der Waals surface area contributed by atoms with Gasteiger partial charge in [-0.2, -0.15) is 4.57 Å². The Hall–Kier alpha value is -4.18. The number of hydrogen-bond donors (Lipinski definition) is 0. The van der Waals surface area contributed by atoms with Crippen LogP contribution in [-0.4, -0.2) is 9.55 Å². The molecule has 0 saturated carbocycles. The molecule has 2 heterocycles. The molecule has 0 fully saturated rings. The number of imidazole rings is 1. The maximum atomic E-state index is 6.36. The van der Waals surface area contributed by atoms with Crippen molar-refractivity contribution >= 4 is 22.1 Å². The summed E-state index contributed by atoms with van der Waals surface area (Å²) in [5, 5.41) is 0. The van der Waals surface area contributed by atoms with Gasteiger partial charge in [-0.1, -0.05) is 54.6 Å². The van der Waals surface area contributed by atoms with Crippen LogP contribution in [0.15, 0.2) is 89.3 Å². The second-order valence-corrected chi connectivity index (χ2v) is 8.93. The first kappa shape index (κ1) is 20.4. The zero-order chi connectivity index (χ0) is 23.4. The van der Waals surface area contributed by atoms with Crippen molar-refractivity contribution in [3.8, 4) is 28.5 Å². The molecule has 0 saturated heterocycles. The molecule has 0 spiro atoms. The van der Waals surface area contributed by atoms with E-state index in [1.54, 1.807) is 0 Å². The van der Waals surface area contributed by atoms with Gasteiger partial charge in [-0.25, -0.2) is 9.55 Å². The molecule has 0 aliphatic carbocycles. The average molecular weight is 445 g/mol. The van der Waals surface area contributed by atoms with Gasteiger partial charge in [0.1, 0.15) is 11.2 Å². The SMILES string of the molecule is Cc1cccc(C)c1-c1nc2c(-c3n(-c4ccccc4)c4ccccc4[n+]3C)c(C)ccc2o1. The van der Waals surface area contributed by atoms with Crippen LogP contribution in [0.2, 0.25) is 0 Å². The molecule has 0 N–H and O–H groups in total. The van der Waals surface area contributed by atoms with Crippen LogP contribution in [0.25, 0.3) is 50.7 Å². The Morgan fingerprint density at radius 1 is 0.706 bits per heavy atom. The van der Waals surface area contributed by atoms with E-state index in [1.165, 1.54) is 0 Å². The van der Waals surface area contributed by atoms with E-state index >= 15 is 0 Å². The Balaban J connectivity index is 1.72.